The van der Waals surface area contributed by atoms with Crippen molar-refractivity contribution in [1.29, 1.82) is 0 Å². The molecule has 7 nitrogen and oxygen atoms in total. The zero-order valence-corrected chi connectivity index (χ0v) is 21.6. The molecule has 1 aromatic carbocycles. The predicted octanol–water partition coefficient (Wildman–Crippen LogP) is 5.32. The van der Waals surface area contributed by atoms with Gasteiger partial charge in [-0.05, 0) is 56.0 Å². The number of hydrogen-bond acceptors (Lipinski definition) is 6. The summed E-state index contributed by atoms with van der Waals surface area (Å²) in [7, 11) is 2.02. The third-order valence-electron chi connectivity index (χ3n) is 9.35. The molecule has 2 unspecified atom stereocenters. The number of benzene rings is 1. The van der Waals surface area contributed by atoms with Gasteiger partial charge in [0.25, 0.3) is 0 Å². The molecule has 2 N–H and O–H groups in total. The highest BCUT2D eigenvalue weighted by Gasteiger charge is 2.44. The minimum Gasteiger partial charge on any atom is -0.351 e. The van der Waals surface area contributed by atoms with E-state index in [9.17, 15) is 0 Å². The Labute approximate surface area is 221 Å². The first-order chi connectivity index (χ1) is 18.8. The Kier molecular flexibility index (Phi) is 4.86. The van der Waals surface area contributed by atoms with E-state index in [0.29, 0.717) is 12.0 Å². The molecule has 0 saturated heterocycles. The summed E-state index contributed by atoms with van der Waals surface area (Å²) in [5.41, 5.74) is 6.81. The molecule has 1 aliphatic heterocycles. The van der Waals surface area contributed by atoms with E-state index in [1.807, 2.05) is 25.6 Å². The summed E-state index contributed by atoms with van der Waals surface area (Å²) in [5, 5.41) is 5.59. The lowest BCUT2D eigenvalue weighted by molar-refractivity contribution is 0.295. The van der Waals surface area contributed by atoms with Gasteiger partial charge in [0.1, 0.15) is 11.5 Å². The van der Waals surface area contributed by atoms with E-state index in [2.05, 4.69) is 62.6 Å². The molecule has 0 radical (unpaired) electrons. The molecule has 2 aliphatic carbocycles. The largest absolute Gasteiger partial charge is 0.351 e. The van der Waals surface area contributed by atoms with E-state index in [-0.39, 0.29) is 5.41 Å². The van der Waals surface area contributed by atoms with E-state index < -0.39 is 0 Å². The number of pyridine rings is 2. The van der Waals surface area contributed by atoms with Gasteiger partial charge < -0.3 is 15.2 Å². The molecular weight excluding hydrogens is 470 g/mol. The van der Waals surface area contributed by atoms with Crippen molar-refractivity contribution in [2.75, 3.05) is 25.0 Å². The summed E-state index contributed by atoms with van der Waals surface area (Å²) in [6.45, 7) is 1.86. The van der Waals surface area contributed by atoms with Crippen LogP contribution in [0.5, 0.6) is 0 Å². The van der Waals surface area contributed by atoms with E-state index in [1.165, 1.54) is 41.5 Å². The highest BCUT2D eigenvalue weighted by molar-refractivity contribution is 5.98. The Morgan fingerprint density at radius 3 is 2.74 bits per heavy atom. The van der Waals surface area contributed by atoms with Crippen LogP contribution in [0.25, 0.3) is 33.3 Å². The number of rotatable bonds is 6. The molecule has 2 atom stereocenters. The molecule has 38 heavy (non-hydrogen) atoms. The summed E-state index contributed by atoms with van der Waals surface area (Å²) in [6, 6.07) is 15.8. The van der Waals surface area contributed by atoms with Gasteiger partial charge in [-0.3, -0.25) is 4.98 Å². The van der Waals surface area contributed by atoms with Gasteiger partial charge in [-0.15, -0.1) is 0 Å². The second-order valence-electron chi connectivity index (χ2n) is 11.1. The summed E-state index contributed by atoms with van der Waals surface area (Å²) >= 11 is 0. The predicted molar refractivity (Wildman–Crippen MR) is 151 cm³/mol. The quantitative estimate of drug-likeness (QED) is 0.328. The molecule has 2 saturated carbocycles. The molecule has 7 heteroatoms. The van der Waals surface area contributed by atoms with Crippen molar-refractivity contribution in [2.45, 2.75) is 49.5 Å². The van der Waals surface area contributed by atoms with Crippen LogP contribution in [0.4, 0.5) is 5.82 Å². The first-order valence-electron chi connectivity index (χ1n) is 13.9. The van der Waals surface area contributed by atoms with Gasteiger partial charge in [0, 0.05) is 64.9 Å². The fraction of sp³-hybridized carbons (Fsp3) is 0.355. The molecule has 0 bridgehead atoms. The molecule has 4 aromatic heterocycles. The lowest BCUT2D eigenvalue weighted by Gasteiger charge is -2.49. The summed E-state index contributed by atoms with van der Waals surface area (Å²) in [6.07, 6.45) is 11.8. The van der Waals surface area contributed by atoms with Crippen molar-refractivity contribution in [3.63, 3.8) is 0 Å². The van der Waals surface area contributed by atoms with Crippen LogP contribution >= 0.6 is 0 Å². The highest BCUT2D eigenvalue weighted by atomic mass is 15.3. The number of nitrogens with one attached hydrogen (secondary N) is 2. The number of nitrogens with zero attached hydrogens (tertiary/aromatic N) is 5. The van der Waals surface area contributed by atoms with Crippen LogP contribution in [0.3, 0.4) is 0 Å². The Hall–Kier alpha value is -3.84. The summed E-state index contributed by atoms with van der Waals surface area (Å²) in [4.78, 5) is 25.9. The molecule has 0 spiro atoms. The number of anilines is 1. The summed E-state index contributed by atoms with van der Waals surface area (Å²) in [5.74, 6) is 2.33. The fourth-order valence-electron chi connectivity index (χ4n) is 7.06. The maximum atomic E-state index is 5.29. The van der Waals surface area contributed by atoms with Crippen LogP contribution in [-0.2, 0) is 5.41 Å². The molecule has 5 heterocycles. The van der Waals surface area contributed by atoms with Crippen LogP contribution in [0.15, 0.2) is 61.1 Å². The lowest BCUT2D eigenvalue weighted by atomic mass is 9.62. The third-order valence-corrected chi connectivity index (χ3v) is 9.35. The second kappa shape index (κ2) is 8.33. The number of likely N-dealkylation sites (N-methyl/N-ethyl adjacent to an activating group) is 1. The van der Waals surface area contributed by atoms with Crippen molar-refractivity contribution in [2.24, 2.45) is 0 Å². The first kappa shape index (κ1) is 22.2. The van der Waals surface area contributed by atoms with Crippen molar-refractivity contribution in [3.8, 4) is 11.4 Å². The number of hydrogen-bond donors (Lipinski definition) is 2. The van der Waals surface area contributed by atoms with E-state index in [4.69, 9.17) is 15.0 Å². The van der Waals surface area contributed by atoms with Crippen LogP contribution in [0.1, 0.15) is 54.8 Å². The monoisotopic (exact) mass is 501 g/mol. The SMILES string of the molecule is CNCCN1c2nc(-c3ccnc4[nH]c(C5(c6ccccc6)CCC5)cc34)nc3cncc(c23)C2CCC21. The Morgan fingerprint density at radius 1 is 1.08 bits per heavy atom. The molecule has 0 amide bonds. The first-order valence-corrected chi connectivity index (χ1v) is 13.9. The van der Waals surface area contributed by atoms with Crippen LogP contribution < -0.4 is 10.2 Å². The Balaban J connectivity index is 1.30. The van der Waals surface area contributed by atoms with E-state index in [0.717, 1.165) is 59.7 Å². The van der Waals surface area contributed by atoms with Gasteiger partial charge in [0.2, 0.25) is 0 Å². The molecule has 190 valence electrons. The van der Waals surface area contributed by atoms with Gasteiger partial charge in [-0.1, -0.05) is 36.8 Å². The molecule has 2 fully saturated rings. The van der Waals surface area contributed by atoms with Crippen LogP contribution in [-0.4, -0.2) is 51.1 Å². The van der Waals surface area contributed by atoms with E-state index >= 15 is 0 Å². The molecule has 3 aliphatic rings. The Morgan fingerprint density at radius 2 is 1.97 bits per heavy atom. The molecule has 5 aromatic rings. The molecular formula is C31H31N7. The third kappa shape index (κ3) is 3.05. The zero-order chi connectivity index (χ0) is 25.3. The number of H-pyrrole nitrogens is 1. The fourth-order valence-corrected chi connectivity index (χ4v) is 7.06. The number of fused-ring (bicyclic) bond motifs is 3. The average molecular weight is 502 g/mol. The maximum Gasteiger partial charge on any atom is 0.163 e. The van der Waals surface area contributed by atoms with Crippen molar-refractivity contribution >= 4 is 27.8 Å². The maximum absolute atomic E-state index is 5.29. The molecule has 8 rings (SSSR count). The second-order valence-corrected chi connectivity index (χ2v) is 11.1. The minimum atomic E-state index is 0.0253. The van der Waals surface area contributed by atoms with Gasteiger partial charge in [-0.25, -0.2) is 15.0 Å². The number of aromatic amines is 1. The van der Waals surface area contributed by atoms with Gasteiger partial charge in [-0.2, -0.15) is 0 Å². The van der Waals surface area contributed by atoms with Gasteiger partial charge in [0.05, 0.1) is 11.7 Å². The smallest absolute Gasteiger partial charge is 0.163 e. The van der Waals surface area contributed by atoms with Gasteiger partial charge >= 0.3 is 0 Å². The van der Waals surface area contributed by atoms with Crippen molar-refractivity contribution in [3.05, 3.63) is 77.9 Å². The Bertz CT molecular complexity index is 1670. The average Bonchev–Trinajstić information content (AvgIpc) is 3.33. The highest BCUT2D eigenvalue weighted by Crippen LogP contribution is 2.51. The summed E-state index contributed by atoms with van der Waals surface area (Å²) < 4.78 is 0. The van der Waals surface area contributed by atoms with Crippen molar-refractivity contribution in [1.82, 2.24) is 30.2 Å². The van der Waals surface area contributed by atoms with Crippen LogP contribution in [0, 0.1) is 0 Å². The topological polar surface area (TPSA) is 82.6 Å². The van der Waals surface area contributed by atoms with Crippen LogP contribution in [0.2, 0.25) is 0 Å². The lowest BCUT2D eigenvalue weighted by Crippen LogP contribution is -2.51. The van der Waals surface area contributed by atoms with E-state index in [1.54, 1.807) is 0 Å². The van der Waals surface area contributed by atoms with Crippen molar-refractivity contribution < 1.29 is 0 Å². The standard InChI is InChI=1S/C31H31N7/c1-32-14-15-38-25-9-8-20(25)23-17-33-18-24-27(23)30(38)37-29(35-24)21-10-13-34-28-22(21)16-26(36-28)31(11-5-12-31)19-6-3-2-4-7-19/h2-4,6-7,10,13,16-18,20,25,32H,5,8-9,11-12,14-15H2,1H3,(H,34,36). The minimum absolute atomic E-state index is 0.0253. The van der Waals surface area contributed by atoms with Gasteiger partial charge in [0.15, 0.2) is 5.82 Å². The number of aromatic nitrogens is 5. The normalized spacial score (nSPS) is 21.2. The zero-order valence-electron chi connectivity index (χ0n) is 21.6.